The van der Waals surface area contributed by atoms with Crippen molar-refractivity contribution in [2.45, 2.75) is 46.1 Å². The van der Waals surface area contributed by atoms with Gasteiger partial charge in [-0.25, -0.2) is 0 Å². The number of aryl methyl sites for hydroxylation is 1. The number of amides is 2. The van der Waals surface area contributed by atoms with Crippen LogP contribution in [0, 0.1) is 5.92 Å². The minimum atomic E-state index is -0.126. The van der Waals surface area contributed by atoms with Crippen molar-refractivity contribution in [2.24, 2.45) is 5.92 Å². The molecule has 0 unspecified atom stereocenters. The molecule has 1 aliphatic rings. The van der Waals surface area contributed by atoms with Gasteiger partial charge in [-0.05, 0) is 61.4 Å². The minimum absolute atomic E-state index is 0.0236. The van der Waals surface area contributed by atoms with Crippen molar-refractivity contribution in [2.75, 3.05) is 5.32 Å². The molecule has 2 aromatic rings. The third-order valence-electron chi connectivity index (χ3n) is 4.61. The number of thiophene rings is 1. The molecule has 1 heterocycles. The monoisotopic (exact) mass is 356 g/mol. The second kappa shape index (κ2) is 7.40. The predicted octanol–water partition coefficient (Wildman–Crippen LogP) is 4.32. The maximum Gasteiger partial charge on any atom is 0.261 e. The van der Waals surface area contributed by atoms with E-state index in [9.17, 15) is 9.59 Å². The fraction of sp³-hybridized carbons (Fsp3) is 0.400. The molecule has 2 N–H and O–H groups in total. The van der Waals surface area contributed by atoms with E-state index in [4.69, 9.17) is 0 Å². The van der Waals surface area contributed by atoms with Crippen LogP contribution in [-0.4, -0.2) is 11.8 Å². The summed E-state index contributed by atoms with van der Waals surface area (Å²) in [6.07, 6.45) is 3.37. The van der Waals surface area contributed by atoms with E-state index in [0.29, 0.717) is 5.92 Å². The van der Waals surface area contributed by atoms with Crippen molar-refractivity contribution in [3.05, 3.63) is 51.2 Å². The minimum Gasteiger partial charge on any atom is -0.345 e. The highest BCUT2D eigenvalue weighted by molar-refractivity contribution is 7.14. The van der Waals surface area contributed by atoms with E-state index < -0.39 is 0 Å². The highest BCUT2D eigenvalue weighted by Crippen LogP contribution is 2.32. The van der Waals surface area contributed by atoms with Gasteiger partial charge in [0.05, 0.1) is 10.9 Å². The van der Waals surface area contributed by atoms with Gasteiger partial charge in [-0.15, -0.1) is 11.3 Å². The number of fused-ring (bicyclic) bond motifs is 1. The fourth-order valence-corrected chi connectivity index (χ4v) is 4.37. The molecule has 0 bridgehead atoms. The second-order valence-corrected chi connectivity index (χ2v) is 8.05. The Bertz CT molecular complexity index is 797. The number of anilines is 1. The van der Waals surface area contributed by atoms with E-state index in [1.165, 1.54) is 23.8 Å². The van der Waals surface area contributed by atoms with E-state index in [0.717, 1.165) is 29.0 Å². The van der Waals surface area contributed by atoms with E-state index in [1.54, 1.807) is 11.3 Å². The highest BCUT2D eigenvalue weighted by atomic mass is 32.1. The van der Waals surface area contributed by atoms with Gasteiger partial charge >= 0.3 is 0 Å². The molecule has 1 aliphatic carbocycles. The van der Waals surface area contributed by atoms with E-state index in [1.807, 2.05) is 31.2 Å². The Morgan fingerprint density at radius 2 is 2.08 bits per heavy atom. The van der Waals surface area contributed by atoms with Gasteiger partial charge in [-0.2, -0.15) is 0 Å². The second-order valence-electron chi connectivity index (χ2n) is 6.91. The number of nitrogens with one attached hydrogen (secondary N) is 2. The number of rotatable bonds is 4. The fourth-order valence-electron chi connectivity index (χ4n) is 3.26. The van der Waals surface area contributed by atoms with Crippen LogP contribution in [-0.2, 0) is 17.6 Å². The molecule has 132 valence electrons. The van der Waals surface area contributed by atoms with Crippen molar-refractivity contribution in [1.29, 1.82) is 0 Å². The molecule has 2 amide bonds. The summed E-state index contributed by atoms with van der Waals surface area (Å²) < 4.78 is 0. The van der Waals surface area contributed by atoms with E-state index in [2.05, 4.69) is 23.6 Å². The lowest BCUT2D eigenvalue weighted by Crippen LogP contribution is -2.26. The molecule has 3 rings (SSSR count). The zero-order chi connectivity index (χ0) is 18.0. The lowest BCUT2D eigenvalue weighted by molar-refractivity contribution is -0.114. The Morgan fingerprint density at radius 3 is 2.84 bits per heavy atom. The molecular weight excluding hydrogens is 332 g/mol. The van der Waals surface area contributed by atoms with Gasteiger partial charge in [0.2, 0.25) is 5.91 Å². The first-order valence-electron chi connectivity index (χ1n) is 8.72. The normalized spacial score (nSPS) is 17.5. The molecule has 1 aromatic carbocycles. The molecular formula is C20H24N2O2S. The summed E-state index contributed by atoms with van der Waals surface area (Å²) in [7, 11) is 0. The summed E-state index contributed by atoms with van der Waals surface area (Å²) in [5, 5.41) is 5.84. The standard InChI is InChI=1S/C20H24N2O2S/c1-12-7-8-18-16(9-12)11-19(25-18)20(24)21-13(2)15-5-4-6-17(10-15)22-14(3)23/h4-6,10-13H,7-9H2,1-3H3,(H,21,24)(H,22,23)/t12-,13+/m0/s1. The van der Waals surface area contributed by atoms with Crippen LogP contribution in [0.2, 0.25) is 0 Å². The van der Waals surface area contributed by atoms with Crippen LogP contribution in [0.15, 0.2) is 30.3 Å². The average molecular weight is 356 g/mol. The van der Waals surface area contributed by atoms with Gasteiger partial charge in [0, 0.05) is 17.5 Å². The van der Waals surface area contributed by atoms with E-state index >= 15 is 0 Å². The van der Waals surface area contributed by atoms with Crippen molar-refractivity contribution >= 4 is 28.8 Å². The zero-order valence-corrected chi connectivity index (χ0v) is 15.7. The lowest BCUT2D eigenvalue weighted by atomic mass is 9.90. The number of hydrogen-bond donors (Lipinski definition) is 2. The van der Waals surface area contributed by atoms with E-state index in [-0.39, 0.29) is 17.9 Å². The van der Waals surface area contributed by atoms with Crippen molar-refractivity contribution in [1.82, 2.24) is 5.32 Å². The molecule has 1 aromatic heterocycles. The van der Waals surface area contributed by atoms with Gasteiger partial charge in [-0.3, -0.25) is 9.59 Å². The van der Waals surface area contributed by atoms with Crippen LogP contribution in [0.25, 0.3) is 0 Å². The summed E-state index contributed by atoms with van der Waals surface area (Å²) in [5.41, 5.74) is 3.05. The summed E-state index contributed by atoms with van der Waals surface area (Å²) in [4.78, 5) is 26.0. The SMILES string of the molecule is CC(=O)Nc1cccc([C@@H](C)NC(=O)c2cc3c(s2)CC[C@H](C)C3)c1. The van der Waals surface area contributed by atoms with Gasteiger partial charge in [-0.1, -0.05) is 19.1 Å². The molecule has 25 heavy (non-hydrogen) atoms. The first-order valence-corrected chi connectivity index (χ1v) is 9.54. The predicted molar refractivity (Wildman–Crippen MR) is 102 cm³/mol. The number of hydrogen-bond acceptors (Lipinski definition) is 3. The van der Waals surface area contributed by atoms with Crippen molar-refractivity contribution in [3.8, 4) is 0 Å². The Labute approximate surface area is 152 Å². The molecule has 0 saturated carbocycles. The third kappa shape index (κ3) is 4.28. The van der Waals surface area contributed by atoms with Gasteiger partial charge in [0.15, 0.2) is 0 Å². The van der Waals surface area contributed by atoms with Crippen LogP contribution in [0.3, 0.4) is 0 Å². The summed E-state index contributed by atoms with van der Waals surface area (Å²) in [5.74, 6) is 0.574. The summed E-state index contributed by atoms with van der Waals surface area (Å²) >= 11 is 1.63. The molecule has 4 nitrogen and oxygen atoms in total. The van der Waals surface area contributed by atoms with Crippen LogP contribution < -0.4 is 10.6 Å². The van der Waals surface area contributed by atoms with Crippen LogP contribution in [0.5, 0.6) is 0 Å². The van der Waals surface area contributed by atoms with Gasteiger partial charge in [0.1, 0.15) is 0 Å². The maximum atomic E-state index is 12.6. The van der Waals surface area contributed by atoms with Gasteiger partial charge in [0.25, 0.3) is 5.91 Å². The largest absolute Gasteiger partial charge is 0.345 e. The molecule has 2 atom stereocenters. The first kappa shape index (κ1) is 17.7. The van der Waals surface area contributed by atoms with Crippen LogP contribution in [0.1, 0.15) is 58.9 Å². The third-order valence-corrected chi connectivity index (χ3v) is 5.84. The zero-order valence-electron chi connectivity index (χ0n) is 14.9. The Balaban J connectivity index is 1.69. The van der Waals surface area contributed by atoms with Crippen LogP contribution in [0.4, 0.5) is 5.69 Å². The Kier molecular flexibility index (Phi) is 5.23. The first-order chi connectivity index (χ1) is 11.9. The van der Waals surface area contributed by atoms with Gasteiger partial charge < -0.3 is 10.6 Å². The van der Waals surface area contributed by atoms with Crippen molar-refractivity contribution < 1.29 is 9.59 Å². The molecule has 0 aliphatic heterocycles. The van der Waals surface area contributed by atoms with Crippen molar-refractivity contribution in [3.63, 3.8) is 0 Å². The lowest BCUT2D eigenvalue weighted by Gasteiger charge is -2.16. The Morgan fingerprint density at radius 1 is 1.28 bits per heavy atom. The maximum absolute atomic E-state index is 12.6. The quantitative estimate of drug-likeness (QED) is 0.857. The highest BCUT2D eigenvalue weighted by Gasteiger charge is 2.21. The molecule has 5 heteroatoms. The van der Waals surface area contributed by atoms with Crippen LogP contribution >= 0.6 is 11.3 Å². The summed E-state index contributed by atoms with van der Waals surface area (Å²) in [6.45, 7) is 5.71. The number of carbonyl (C=O) groups is 2. The molecule has 0 saturated heterocycles. The average Bonchev–Trinajstić information content (AvgIpc) is 2.97. The summed E-state index contributed by atoms with van der Waals surface area (Å²) in [6, 6.07) is 9.51. The molecule has 0 fully saturated rings. The topological polar surface area (TPSA) is 58.2 Å². The number of carbonyl (C=O) groups excluding carboxylic acids is 2. The number of benzene rings is 1. The molecule has 0 radical (unpaired) electrons. The smallest absolute Gasteiger partial charge is 0.261 e. The Hall–Kier alpha value is -2.14. The molecule has 0 spiro atoms.